The Morgan fingerprint density at radius 3 is 2.76 bits per heavy atom. The number of aliphatic hydroxyl groups excluding tert-OH is 1. The van der Waals surface area contributed by atoms with Gasteiger partial charge in [-0.3, -0.25) is 9.59 Å². The van der Waals surface area contributed by atoms with Gasteiger partial charge in [0.2, 0.25) is 0 Å². The van der Waals surface area contributed by atoms with Crippen LogP contribution in [0.1, 0.15) is 29.9 Å². The van der Waals surface area contributed by atoms with E-state index in [1.807, 2.05) is 37.4 Å². The number of ketones is 1. The Hall–Kier alpha value is -4.26. The number of para-hydroxylation sites is 1. The predicted molar refractivity (Wildman–Crippen MR) is 127 cm³/mol. The number of Topliss-reactive ketones (excluding diaryl/α,β-unsaturated/α-hetero) is 1. The number of carbonyl (C=O) groups excluding carboxylic acids is 2. The summed E-state index contributed by atoms with van der Waals surface area (Å²) < 4.78 is 11.1. The summed E-state index contributed by atoms with van der Waals surface area (Å²) in [5.74, 6) is -0.672. The van der Waals surface area contributed by atoms with Crippen molar-refractivity contribution >= 4 is 28.4 Å². The Labute approximate surface area is 196 Å². The van der Waals surface area contributed by atoms with Crippen LogP contribution in [0.3, 0.4) is 0 Å². The van der Waals surface area contributed by atoms with Gasteiger partial charge in [0.05, 0.1) is 18.4 Å². The molecule has 3 heterocycles. The van der Waals surface area contributed by atoms with Crippen LogP contribution in [0.25, 0.3) is 16.7 Å². The van der Waals surface area contributed by atoms with Gasteiger partial charge in [0.15, 0.2) is 0 Å². The third-order valence-corrected chi connectivity index (χ3v) is 6.07. The van der Waals surface area contributed by atoms with Gasteiger partial charge in [-0.15, -0.1) is 0 Å². The number of aliphatic hydroxyl groups is 1. The fraction of sp³-hybridized carbons (Fsp3) is 0.185. The third-order valence-electron chi connectivity index (χ3n) is 6.07. The molecule has 0 bridgehead atoms. The van der Waals surface area contributed by atoms with Crippen molar-refractivity contribution < 1.29 is 23.8 Å². The lowest BCUT2D eigenvalue weighted by molar-refractivity contribution is -0.140. The van der Waals surface area contributed by atoms with Crippen molar-refractivity contribution in [3.8, 4) is 5.75 Å². The number of aromatic amines is 1. The summed E-state index contributed by atoms with van der Waals surface area (Å²) in [5, 5.41) is 12.2. The van der Waals surface area contributed by atoms with Gasteiger partial charge in [0, 0.05) is 29.2 Å². The molecule has 0 radical (unpaired) electrons. The fourth-order valence-corrected chi connectivity index (χ4v) is 4.49. The van der Waals surface area contributed by atoms with E-state index in [1.165, 1.54) is 11.2 Å². The van der Waals surface area contributed by atoms with E-state index < -0.39 is 17.7 Å². The average molecular weight is 456 g/mol. The molecule has 2 N–H and O–H groups in total. The molecule has 34 heavy (non-hydrogen) atoms. The second-order valence-electron chi connectivity index (χ2n) is 8.08. The number of furan rings is 1. The lowest BCUT2D eigenvalue weighted by Gasteiger charge is -2.23. The summed E-state index contributed by atoms with van der Waals surface area (Å²) in [6.45, 7) is 2.62. The first-order valence-electron chi connectivity index (χ1n) is 11.2. The van der Waals surface area contributed by atoms with E-state index in [4.69, 9.17) is 9.15 Å². The second kappa shape index (κ2) is 8.94. The third kappa shape index (κ3) is 3.75. The summed E-state index contributed by atoms with van der Waals surface area (Å²) in [7, 11) is 0. The number of ether oxygens (including phenoxy) is 1. The first-order valence-corrected chi connectivity index (χ1v) is 11.2. The zero-order chi connectivity index (χ0) is 23.7. The summed E-state index contributed by atoms with van der Waals surface area (Å²) in [4.78, 5) is 30.9. The smallest absolute Gasteiger partial charge is 0.295 e. The van der Waals surface area contributed by atoms with Crippen LogP contribution in [-0.4, -0.2) is 39.8 Å². The van der Waals surface area contributed by atoms with E-state index in [0.717, 1.165) is 16.5 Å². The normalized spacial score (nSPS) is 17.6. The summed E-state index contributed by atoms with van der Waals surface area (Å²) in [5.41, 5.74) is 2.46. The number of H-pyrrole nitrogens is 1. The lowest BCUT2D eigenvalue weighted by atomic mass is 9.99. The minimum atomic E-state index is -0.823. The standard InChI is InChI=1S/C27H24N2O5/c1-2-33-19-8-5-7-17(15-19)25(30)23-24(22-11-6-14-34-22)29(27(32)26(23)31)13-12-18-16-28-21-10-4-3-9-20(18)21/h3-11,14-16,24,28,30H,2,12-13H2,1H3/b25-23-. The van der Waals surface area contributed by atoms with E-state index in [1.54, 1.807) is 36.4 Å². The molecule has 5 rings (SSSR count). The SMILES string of the molecule is CCOc1cccc(/C(O)=C2/C(=O)C(=O)N(CCc3c[nH]c4ccccc34)C2c2ccco2)c1. The summed E-state index contributed by atoms with van der Waals surface area (Å²) in [6, 6.07) is 17.3. The molecule has 1 fully saturated rings. The van der Waals surface area contributed by atoms with Crippen LogP contribution >= 0.6 is 0 Å². The average Bonchev–Trinajstić information content (AvgIpc) is 3.58. The molecule has 7 nitrogen and oxygen atoms in total. The highest BCUT2D eigenvalue weighted by molar-refractivity contribution is 6.46. The van der Waals surface area contributed by atoms with Gasteiger partial charge < -0.3 is 24.1 Å². The molecule has 1 atom stereocenters. The largest absolute Gasteiger partial charge is 0.507 e. The molecule has 172 valence electrons. The number of hydrogen-bond acceptors (Lipinski definition) is 5. The van der Waals surface area contributed by atoms with E-state index in [9.17, 15) is 14.7 Å². The maximum atomic E-state index is 13.1. The Morgan fingerprint density at radius 1 is 1.12 bits per heavy atom. The highest BCUT2D eigenvalue weighted by Gasteiger charge is 2.47. The number of aromatic nitrogens is 1. The Kier molecular flexibility index (Phi) is 5.67. The van der Waals surface area contributed by atoms with Crippen molar-refractivity contribution in [1.82, 2.24) is 9.88 Å². The van der Waals surface area contributed by atoms with Crippen LogP contribution in [-0.2, 0) is 16.0 Å². The van der Waals surface area contributed by atoms with Gasteiger partial charge >= 0.3 is 0 Å². The van der Waals surface area contributed by atoms with Crippen molar-refractivity contribution in [3.63, 3.8) is 0 Å². The number of benzene rings is 2. The van der Waals surface area contributed by atoms with Crippen molar-refractivity contribution in [2.75, 3.05) is 13.2 Å². The Morgan fingerprint density at radius 2 is 1.97 bits per heavy atom. The van der Waals surface area contributed by atoms with Gasteiger partial charge in [-0.25, -0.2) is 0 Å². The molecule has 1 saturated heterocycles. The first kappa shape index (κ1) is 21.6. The van der Waals surface area contributed by atoms with Gasteiger partial charge in [-0.05, 0) is 49.2 Å². The van der Waals surface area contributed by atoms with Gasteiger partial charge in [0.25, 0.3) is 11.7 Å². The second-order valence-corrected chi connectivity index (χ2v) is 8.08. The van der Waals surface area contributed by atoms with Crippen LogP contribution in [0.5, 0.6) is 5.75 Å². The van der Waals surface area contributed by atoms with Crippen molar-refractivity contribution in [1.29, 1.82) is 0 Å². The topological polar surface area (TPSA) is 95.8 Å². The number of hydrogen-bond donors (Lipinski definition) is 2. The molecule has 7 heteroatoms. The monoisotopic (exact) mass is 456 g/mol. The molecule has 0 saturated carbocycles. The minimum Gasteiger partial charge on any atom is -0.507 e. The minimum absolute atomic E-state index is 0.00697. The molecule has 1 unspecified atom stereocenters. The van der Waals surface area contributed by atoms with Crippen molar-refractivity contribution in [2.24, 2.45) is 0 Å². The lowest BCUT2D eigenvalue weighted by Crippen LogP contribution is -2.31. The van der Waals surface area contributed by atoms with Crippen LogP contribution in [0.4, 0.5) is 0 Å². The van der Waals surface area contributed by atoms with Crippen LogP contribution in [0.15, 0.2) is 83.1 Å². The van der Waals surface area contributed by atoms with Crippen LogP contribution in [0.2, 0.25) is 0 Å². The molecule has 0 aliphatic carbocycles. The van der Waals surface area contributed by atoms with Crippen molar-refractivity contribution in [2.45, 2.75) is 19.4 Å². The fourth-order valence-electron chi connectivity index (χ4n) is 4.49. The molecule has 2 aromatic carbocycles. The molecule has 2 aromatic heterocycles. The van der Waals surface area contributed by atoms with Gasteiger partial charge in [-0.1, -0.05) is 30.3 Å². The summed E-state index contributed by atoms with van der Waals surface area (Å²) in [6.07, 6.45) is 3.95. The number of carbonyl (C=O) groups is 2. The highest BCUT2D eigenvalue weighted by atomic mass is 16.5. The summed E-state index contributed by atoms with van der Waals surface area (Å²) >= 11 is 0. The Bertz CT molecular complexity index is 1380. The number of likely N-dealkylation sites (tertiary alicyclic amines) is 1. The maximum absolute atomic E-state index is 13.1. The van der Waals surface area contributed by atoms with Crippen LogP contribution < -0.4 is 4.74 Å². The first-order chi connectivity index (χ1) is 16.6. The highest BCUT2D eigenvalue weighted by Crippen LogP contribution is 2.40. The van der Waals surface area contributed by atoms with Crippen molar-refractivity contribution in [3.05, 3.63) is 95.6 Å². The van der Waals surface area contributed by atoms with Crippen LogP contribution in [0, 0.1) is 0 Å². The number of nitrogens with one attached hydrogen (secondary N) is 1. The number of amides is 1. The van der Waals surface area contributed by atoms with E-state index >= 15 is 0 Å². The van der Waals surface area contributed by atoms with E-state index in [2.05, 4.69) is 4.98 Å². The number of nitrogens with zero attached hydrogens (tertiary/aromatic N) is 1. The van der Waals surface area contributed by atoms with E-state index in [-0.39, 0.29) is 17.9 Å². The molecule has 1 aliphatic rings. The quantitative estimate of drug-likeness (QED) is 0.236. The molecule has 1 aliphatic heterocycles. The predicted octanol–water partition coefficient (Wildman–Crippen LogP) is 4.82. The molecular weight excluding hydrogens is 432 g/mol. The van der Waals surface area contributed by atoms with Gasteiger partial charge in [-0.2, -0.15) is 0 Å². The Balaban J connectivity index is 1.52. The van der Waals surface area contributed by atoms with E-state index in [0.29, 0.717) is 30.1 Å². The maximum Gasteiger partial charge on any atom is 0.295 e. The zero-order valence-corrected chi connectivity index (χ0v) is 18.7. The van der Waals surface area contributed by atoms with Gasteiger partial charge in [0.1, 0.15) is 23.3 Å². The molecule has 0 spiro atoms. The number of rotatable bonds is 7. The number of fused-ring (bicyclic) bond motifs is 1. The zero-order valence-electron chi connectivity index (χ0n) is 18.7. The molecule has 1 amide bonds. The molecular formula is C27H24N2O5. The molecule has 4 aromatic rings.